The van der Waals surface area contributed by atoms with Crippen LogP contribution in [0.2, 0.25) is 0 Å². The molecular formula is C15H22N2O10. The highest BCUT2D eigenvalue weighted by molar-refractivity contribution is 5.87. The molecular weight excluding hydrogens is 368 g/mol. The summed E-state index contributed by atoms with van der Waals surface area (Å²) < 4.78 is 5.11. The van der Waals surface area contributed by atoms with Gasteiger partial charge in [0.1, 0.15) is 6.10 Å². The number of ether oxygens (including phenoxy) is 1. The topological polar surface area (TPSA) is 182 Å². The quantitative estimate of drug-likeness (QED) is 0.197. The molecule has 0 aromatic carbocycles. The number of carboxylic acid groups (broad SMARTS) is 4. The summed E-state index contributed by atoms with van der Waals surface area (Å²) in [6, 6.07) is 0. The van der Waals surface area contributed by atoms with E-state index in [0.29, 0.717) is 0 Å². The number of aliphatic carboxylic acids is 4. The third-order valence-electron chi connectivity index (χ3n) is 2.98. The SMILES string of the molecule is C=C(C)C(=O)OC(CN(CC(=O)O)CC(=O)O)CN(CC(=O)O)CC(=O)O. The summed E-state index contributed by atoms with van der Waals surface area (Å²) in [5.41, 5.74) is 0.00559. The van der Waals surface area contributed by atoms with Crippen molar-refractivity contribution in [2.24, 2.45) is 0 Å². The lowest BCUT2D eigenvalue weighted by molar-refractivity contribution is -0.148. The average Bonchev–Trinajstić information content (AvgIpc) is 2.43. The Morgan fingerprint density at radius 1 is 0.778 bits per heavy atom. The lowest BCUT2D eigenvalue weighted by Gasteiger charge is -2.29. The number of carbonyl (C=O) groups excluding carboxylic acids is 1. The predicted molar refractivity (Wildman–Crippen MR) is 88.1 cm³/mol. The molecule has 0 radical (unpaired) electrons. The van der Waals surface area contributed by atoms with Crippen LogP contribution in [0.25, 0.3) is 0 Å². The molecule has 0 aromatic heterocycles. The third-order valence-corrected chi connectivity index (χ3v) is 2.98. The van der Waals surface area contributed by atoms with Crippen LogP contribution in [0.3, 0.4) is 0 Å². The number of hydrogen-bond donors (Lipinski definition) is 4. The zero-order valence-electron chi connectivity index (χ0n) is 14.7. The van der Waals surface area contributed by atoms with Crippen LogP contribution in [0.15, 0.2) is 12.2 Å². The zero-order valence-corrected chi connectivity index (χ0v) is 14.7. The Labute approximate surface area is 154 Å². The van der Waals surface area contributed by atoms with Crippen molar-refractivity contribution in [3.05, 3.63) is 12.2 Å². The number of hydrogen-bond acceptors (Lipinski definition) is 8. The number of rotatable bonds is 14. The van der Waals surface area contributed by atoms with Gasteiger partial charge in [-0.25, -0.2) is 4.79 Å². The maximum atomic E-state index is 11.8. The molecule has 0 amide bonds. The van der Waals surface area contributed by atoms with Crippen molar-refractivity contribution in [3.63, 3.8) is 0 Å². The lowest BCUT2D eigenvalue weighted by atomic mass is 10.2. The van der Waals surface area contributed by atoms with E-state index >= 15 is 0 Å². The van der Waals surface area contributed by atoms with Gasteiger partial charge in [-0.2, -0.15) is 0 Å². The van der Waals surface area contributed by atoms with E-state index in [9.17, 15) is 24.0 Å². The van der Waals surface area contributed by atoms with E-state index in [2.05, 4.69) is 6.58 Å². The minimum Gasteiger partial charge on any atom is -0.480 e. The van der Waals surface area contributed by atoms with Gasteiger partial charge in [-0.15, -0.1) is 0 Å². The largest absolute Gasteiger partial charge is 0.480 e. The molecule has 4 N–H and O–H groups in total. The molecule has 0 bridgehead atoms. The summed E-state index contributed by atoms with van der Waals surface area (Å²) in [4.78, 5) is 57.3. The van der Waals surface area contributed by atoms with E-state index in [1.807, 2.05) is 0 Å². The molecule has 0 atom stereocenters. The van der Waals surface area contributed by atoms with E-state index < -0.39 is 62.1 Å². The monoisotopic (exact) mass is 390 g/mol. The minimum atomic E-state index is -1.32. The predicted octanol–water partition coefficient (Wildman–Crippen LogP) is -1.58. The Morgan fingerprint density at radius 3 is 1.30 bits per heavy atom. The maximum absolute atomic E-state index is 11.8. The van der Waals surface area contributed by atoms with Crippen molar-refractivity contribution in [3.8, 4) is 0 Å². The van der Waals surface area contributed by atoms with Crippen LogP contribution in [-0.4, -0.2) is 105 Å². The van der Waals surface area contributed by atoms with Gasteiger partial charge in [0.15, 0.2) is 0 Å². The molecule has 12 heteroatoms. The Balaban J connectivity index is 5.41. The van der Waals surface area contributed by atoms with Crippen LogP contribution >= 0.6 is 0 Å². The van der Waals surface area contributed by atoms with E-state index in [-0.39, 0.29) is 18.7 Å². The van der Waals surface area contributed by atoms with Crippen molar-refractivity contribution in [2.45, 2.75) is 13.0 Å². The van der Waals surface area contributed by atoms with Crippen molar-refractivity contribution < 1.29 is 49.1 Å². The van der Waals surface area contributed by atoms with Crippen LogP contribution in [0.4, 0.5) is 0 Å². The summed E-state index contributed by atoms with van der Waals surface area (Å²) in [6.07, 6.45) is -1.19. The average molecular weight is 390 g/mol. The molecule has 152 valence electrons. The highest BCUT2D eigenvalue weighted by Crippen LogP contribution is 2.06. The molecule has 0 aromatic rings. The number of carbonyl (C=O) groups is 5. The Hall–Kier alpha value is -2.99. The Kier molecular flexibility index (Phi) is 10.3. The molecule has 0 aliphatic carbocycles. The summed E-state index contributed by atoms with van der Waals surface area (Å²) in [5.74, 6) is -6.16. The summed E-state index contributed by atoms with van der Waals surface area (Å²) >= 11 is 0. The van der Waals surface area contributed by atoms with E-state index in [0.717, 1.165) is 9.80 Å². The van der Waals surface area contributed by atoms with Crippen molar-refractivity contribution in [1.29, 1.82) is 0 Å². The summed E-state index contributed by atoms with van der Waals surface area (Å²) in [7, 11) is 0. The van der Waals surface area contributed by atoms with Crippen LogP contribution in [0.5, 0.6) is 0 Å². The first-order valence-corrected chi connectivity index (χ1v) is 7.59. The molecule has 0 fully saturated rings. The molecule has 0 heterocycles. The normalized spacial score (nSPS) is 10.8. The van der Waals surface area contributed by atoms with Crippen LogP contribution in [-0.2, 0) is 28.7 Å². The fraction of sp³-hybridized carbons (Fsp3) is 0.533. The van der Waals surface area contributed by atoms with Crippen molar-refractivity contribution >= 4 is 29.8 Å². The summed E-state index contributed by atoms with van der Waals surface area (Å²) in [5, 5.41) is 35.5. The van der Waals surface area contributed by atoms with E-state index in [4.69, 9.17) is 25.2 Å². The number of carboxylic acids is 4. The second-order valence-electron chi connectivity index (χ2n) is 5.72. The van der Waals surface area contributed by atoms with Crippen molar-refractivity contribution in [1.82, 2.24) is 9.80 Å². The van der Waals surface area contributed by atoms with Gasteiger partial charge in [0.05, 0.1) is 26.2 Å². The number of esters is 1. The lowest BCUT2D eigenvalue weighted by Crippen LogP contribution is -2.47. The van der Waals surface area contributed by atoms with Gasteiger partial charge in [0, 0.05) is 18.7 Å². The third kappa shape index (κ3) is 12.1. The molecule has 0 saturated heterocycles. The molecule has 0 aliphatic rings. The van der Waals surface area contributed by atoms with Gasteiger partial charge in [-0.05, 0) is 6.92 Å². The highest BCUT2D eigenvalue weighted by Gasteiger charge is 2.26. The second-order valence-corrected chi connectivity index (χ2v) is 5.72. The Bertz CT molecular complexity index is 533. The van der Waals surface area contributed by atoms with E-state index in [1.54, 1.807) is 0 Å². The maximum Gasteiger partial charge on any atom is 0.333 e. The van der Waals surface area contributed by atoms with Crippen LogP contribution < -0.4 is 0 Å². The van der Waals surface area contributed by atoms with Gasteiger partial charge in [0.25, 0.3) is 0 Å². The standard InChI is InChI=1S/C15H22N2O10/c1-9(2)15(26)27-10(3-16(5-11(18)19)6-12(20)21)4-17(7-13(22)23)8-14(24)25/h10H,1,3-8H2,2H3,(H,18,19)(H,20,21)(H,22,23)(H,24,25). The molecule has 0 rings (SSSR count). The first-order valence-electron chi connectivity index (χ1n) is 7.59. The highest BCUT2D eigenvalue weighted by atomic mass is 16.5. The van der Waals surface area contributed by atoms with Crippen LogP contribution in [0, 0.1) is 0 Å². The first-order chi connectivity index (χ1) is 12.4. The van der Waals surface area contributed by atoms with Gasteiger partial charge >= 0.3 is 29.8 Å². The van der Waals surface area contributed by atoms with Gasteiger partial charge in [-0.1, -0.05) is 6.58 Å². The fourth-order valence-electron chi connectivity index (χ4n) is 2.10. The van der Waals surface area contributed by atoms with Gasteiger partial charge < -0.3 is 25.2 Å². The first kappa shape index (κ1) is 24.0. The molecule has 0 saturated carbocycles. The molecule has 0 unspecified atom stereocenters. The van der Waals surface area contributed by atoms with Crippen LogP contribution in [0.1, 0.15) is 6.92 Å². The van der Waals surface area contributed by atoms with E-state index in [1.165, 1.54) is 6.92 Å². The second kappa shape index (κ2) is 11.6. The fourth-order valence-corrected chi connectivity index (χ4v) is 2.10. The molecule has 0 spiro atoms. The summed E-state index contributed by atoms with van der Waals surface area (Å²) in [6.45, 7) is 1.29. The Morgan fingerprint density at radius 2 is 1.07 bits per heavy atom. The van der Waals surface area contributed by atoms with Gasteiger partial charge in [-0.3, -0.25) is 29.0 Å². The smallest absolute Gasteiger partial charge is 0.333 e. The molecule has 27 heavy (non-hydrogen) atoms. The molecule has 0 aliphatic heterocycles. The molecule has 12 nitrogen and oxygen atoms in total. The number of nitrogens with zero attached hydrogens (tertiary/aromatic N) is 2. The minimum absolute atomic E-state index is 0.00559. The van der Waals surface area contributed by atoms with Gasteiger partial charge in [0.2, 0.25) is 0 Å². The van der Waals surface area contributed by atoms with Crippen molar-refractivity contribution in [2.75, 3.05) is 39.3 Å². The zero-order chi connectivity index (χ0) is 21.1.